The minimum absolute atomic E-state index is 0.0267. The number of hydrogen-bond donors (Lipinski definition) is 16. The minimum Gasteiger partial charge on any atom is -0.359 e. The summed E-state index contributed by atoms with van der Waals surface area (Å²) < 4.78 is 0. The van der Waals surface area contributed by atoms with Crippen molar-refractivity contribution in [2.75, 3.05) is 143 Å². The summed E-state index contributed by atoms with van der Waals surface area (Å²) in [5.74, 6) is 3.74. The molecular weight excluding hydrogens is 1290 g/mol. The van der Waals surface area contributed by atoms with Gasteiger partial charge in [0.2, 0.25) is 41.4 Å². The molecule has 0 radical (unpaired) electrons. The predicted molar refractivity (Wildman–Crippen MR) is 395 cm³/mol. The fourth-order valence-corrected chi connectivity index (χ4v) is 11.6. The molecule has 0 bridgehead atoms. The van der Waals surface area contributed by atoms with E-state index in [-0.39, 0.29) is 71.4 Å². The molecule has 32 heteroatoms. The van der Waals surface area contributed by atoms with Gasteiger partial charge in [0.15, 0.2) is 17.9 Å². The third kappa shape index (κ3) is 46.2. The zero-order chi connectivity index (χ0) is 71.6. The van der Waals surface area contributed by atoms with E-state index in [0.717, 1.165) is 122 Å². The van der Waals surface area contributed by atoms with E-state index in [0.29, 0.717) is 124 Å². The number of imide groups is 1. The minimum atomic E-state index is -0.611. The monoisotopic (exact) mass is 1410 g/mol. The molecule has 0 aromatic heterocycles. The summed E-state index contributed by atoms with van der Waals surface area (Å²) in [4.78, 5) is 123. The Kier molecular flexibility index (Phi) is 56.3. The maximum atomic E-state index is 12.8. The molecule has 29 nitrogen and oxygen atoms in total. The first-order valence-electron chi connectivity index (χ1n) is 34.5. The van der Waals surface area contributed by atoms with Crippen LogP contribution in [0.2, 0.25) is 0 Å². The van der Waals surface area contributed by atoms with Crippen molar-refractivity contribution in [1.29, 1.82) is 0 Å². The first-order chi connectivity index (χ1) is 46.3. The first-order valence-corrected chi connectivity index (χ1v) is 37.8. The largest absolute Gasteiger partial charge is 0.359 e. The first kappa shape index (κ1) is 89.9. The van der Waals surface area contributed by atoms with Gasteiger partial charge in [-0.3, -0.25) is 63.0 Å². The van der Waals surface area contributed by atoms with Crippen molar-refractivity contribution >= 4 is 106 Å². The summed E-state index contributed by atoms with van der Waals surface area (Å²) in [6, 6.07) is -1.68. The van der Waals surface area contributed by atoms with Crippen molar-refractivity contribution in [3.8, 4) is 0 Å². The summed E-state index contributed by atoms with van der Waals surface area (Å²) in [6.07, 6.45) is 18.6. The van der Waals surface area contributed by atoms with Crippen LogP contribution in [0.4, 0.5) is 0 Å². The Balaban J connectivity index is 0.00000144. The van der Waals surface area contributed by atoms with E-state index in [1.54, 1.807) is 42.3 Å². The smallest absolute Gasteiger partial charge is 0.267 e. The molecule has 2 aliphatic rings. The molecule has 0 aromatic rings. The highest BCUT2D eigenvalue weighted by Crippen LogP contribution is 2.32. The van der Waals surface area contributed by atoms with Crippen LogP contribution in [0.25, 0.3) is 0 Å². The van der Waals surface area contributed by atoms with Gasteiger partial charge in [-0.25, -0.2) is 0 Å². The molecule has 3 unspecified atom stereocenters. The topological polar surface area (TPSA) is 428 Å². The molecule has 1 fully saturated rings. The Hall–Kier alpha value is -6.09. The zero-order valence-corrected chi connectivity index (χ0v) is 61.8. The van der Waals surface area contributed by atoms with Gasteiger partial charge in [-0.05, 0) is 89.4 Å². The summed E-state index contributed by atoms with van der Waals surface area (Å²) in [7, 11) is 10.4. The third-order valence-electron chi connectivity index (χ3n) is 15.2. The molecule has 0 aromatic carbocycles. The Morgan fingerprint density at radius 1 is 0.479 bits per heavy atom. The number of carbonyl (C=O) groups is 9. The molecule has 1 aliphatic heterocycles. The Bertz CT molecular complexity index is 2330. The molecule has 9 amide bonds. The molecule has 0 spiro atoms. The average molecular weight is 1410 g/mol. The van der Waals surface area contributed by atoms with Gasteiger partial charge >= 0.3 is 0 Å². The number of amides is 9. The Morgan fingerprint density at radius 2 is 0.854 bits per heavy atom. The van der Waals surface area contributed by atoms with E-state index < -0.39 is 18.1 Å². The maximum Gasteiger partial charge on any atom is 0.267 e. The quantitative estimate of drug-likeness (QED) is 0.0173. The lowest BCUT2D eigenvalue weighted by molar-refractivity contribution is -0.138. The van der Waals surface area contributed by atoms with Gasteiger partial charge in [-0.15, -0.1) is 11.8 Å². The van der Waals surface area contributed by atoms with Crippen LogP contribution in [0.3, 0.4) is 0 Å². The van der Waals surface area contributed by atoms with E-state index in [1.165, 1.54) is 46.3 Å². The third-order valence-corrected chi connectivity index (χ3v) is 18.1. The molecule has 1 aliphatic carbocycles. The number of rotatable bonds is 47. The molecular formula is C64H124N20O9S3. The summed E-state index contributed by atoms with van der Waals surface area (Å²) in [5.41, 5.74) is 17.8. The van der Waals surface area contributed by atoms with Crippen LogP contribution in [-0.4, -0.2) is 237 Å². The van der Waals surface area contributed by atoms with Crippen molar-refractivity contribution in [3.05, 3.63) is 11.0 Å². The predicted octanol–water partition coefficient (Wildman–Crippen LogP) is 0.699. The second kappa shape index (κ2) is 60.1. The van der Waals surface area contributed by atoms with Crippen LogP contribution in [0.1, 0.15) is 149 Å². The standard InChI is InChI=1S/C27H47N7O4S.C20H41N7O3S.C17H36N6O2S/c1-4-5-6-13-31-24(36)20-11-9-19(10-12-20)18-34-23(35)17-22(26(34)38)39-16-15-32-25(37)21(28)8-7-14-33-27(29-2)30-3;1-4-5-6-10-24-17(28)9-12-25-18(29)15-31-14-13-26-19(30)16(21)8-7-11-27-20(22-2)23-3;1-4-5-6-9-21-15(24)13-26-12-11-22-16(25)14(18)8-7-10-23-17(19-2)20-3/h17,19-21H,4-16,18,28H2,1-3H3,(H,31,36)(H,32,37)(H2,29,30,33);16H,4-15,21H2,1-3H3,(H,24,28)(H,25,29)(H,26,30)(H2,22,23,27);14H,4-13,18H2,1-3H3,(H,21,24)(H,22,25)(H2,19,20,23). The van der Waals surface area contributed by atoms with Crippen molar-refractivity contribution in [1.82, 2.24) is 74.0 Å². The highest BCUT2D eigenvalue weighted by molar-refractivity contribution is 8.04. The van der Waals surface area contributed by atoms with E-state index in [2.05, 4.69) is 105 Å². The van der Waals surface area contributed by atoms with Crippen LogP contribution in [0.5, 0.6) is 0 Å². The zero-order valence-electron chi connectivity index (χ0n) is 59.3. The lowest BCUT2D eigenvalue weighted by Gasteiger charge is -2.30. The number of carbonyl (C=O) groups excluding carboxylic acids is 9. The normalized spacial score (nSPS) is 15.6. The van der Waals surface area contributed by atoms with E-state index in [9.17, 15) is 43.2 Å². The van der Waals surface area contributed by atoms with Crippen molar-refractivity contribution in [2.24, 2.45) is 44.0 Å². The second-order valence-corrected chi connectivity index (χ2v) is 26.4. The van der Waals surface area contributed by atoms with Crippen LogP contribution in [0.15, 0.2) is 26.0 Å². The molecule has 1 saturated carbocycles. The second-order valence-electron chi connectivity index (χ2n) is 23.0. The highest BCUT2D eigenvalue weighted by atomic mass is 32.2. The number of nitrogens with two attached hydrogens (primary N) is 3. The molecule has 3 atom stereocenters. The van der Waals surface area contributed by atoms with Crippen molar-refractivity contribution < 1.29 is 43.2 Å². The fraction of sp³-hybridized carbons (Fsp3) is 0.781. The molecule has 0 saturated heterocycles. The molecule has 96 heavy (non-hydrogen) atoms. The summed E-state index contributed by atoms with van der Waals surface area (Å²) >= 11 is 4.21. The van der Waals surface area contributed by atoms with Crippen LogP contribution in [-0.2, 0) is 43.2 Å². The number of nitrogens with one attached hydrogen (secondary N) is 13. The SMILES string of the molecule is CCCCCNC(=O)C1CCC(CN2C(=O)C=C(SCCNC(=O)C(N)CCCNC(=NC)NC)C2=O)CC1.CCCCCNC(=O)CCNC(=O)CSCCNC(=O)C(N)CCCNC(=NC)NC.CCCCCNC(=O)CSCCNC(=O)C(N)CCCNC(=NC)NC. The van der Waals surface area contributed by atoms with Gasteiger partial charge in [0.1, 0.15) is 0 Å². The number of aliphatic imine (C=N–C) groups is 3. The number of thioether (sulfide) groups is 3. The van der Waals surface area contributed by atoms with Gasteiger partial charge in [-0.2, -0.15) is 23.5 Å². The van der Waals surface area contributed by atoms with Crippen LogP contribution < -0.4 is 86.3 Å². The van der Waals surface area contributed by atoms with E-state index in [1.807, 2.05) is 0 Å². The lowest BCUT2D eigenvalue weighted by Crippen LogP contribution is -2.42. The van der Waals surface area contributed by atoms with Gasteiger partial charge in [0.25, 0.3) is 11.8 Å². The van der Waals surface area contributed by atoms with E-state index >= 15 is 0 Å². The Labute approximate surface area is 585 Å². The number of hydrogen-bond acceptors (Lipinski definition) is 18. The number of guanidine groups is 3. The fourth-order valence-electron chi connectivity index (χ4n) is 9.44. The van der Waals surface area contributed by atoms with Gasteiger partial charge in [0.05, 0.1) is 34.5 Å². The number of unbranched alkanes of at least 4 members (excludes halogenated alkanes) is 6. The van der Waals surface area contributed by atoms with Gasteiger partial charge in [0, 0.05) is 150 Å². The maximum absolute atomic E-state index is 12.8. The summed E-state index contributed by atoms with van der Waals surface area (Å²) in [5, 5.41) is 38.0. The van der Waals surface area contributed by atoms with Crippen molar-refractivity contribution in [3.63, 3.8) is 0 Å². The van der Waals surface area contributed by atoms with Gasteiger partial charge < -0.3 is 86.3 Å². The number of nitrogens with zero attached hydrogens (tertiary/aromatic N) is 4. The lowest BCUT2D eigenvalue weighted by atomic mass is 9.81. The molecule has 19 N–H and O–H groups in total. The molecule has 552 valence electrons. The highest BCUT2D eigenvalue weighted by Gasteiger charge is 2.35. The van der Waals surface area contributed by atoms with E-state index in [4.69, 9.17) is 17.2 Å². The van der Waals surface area contributed by atoms with Gasteiger partial charge in [-0.1, -0.05) is 59.3 Å². The van der Waals surface area contributed by atoms with Crippen LogP contribution >= 0.6 is 35.3 Å². The Morgan fingerprint density at radius 3 is 1.25 bits per heavy atom. The molecule has 1 heterocycles. The molecule has 2 rings (SSSR count). The van der Waals surface area contributed by atoms with Crippen LogP contribution in [0, 0.1) is 11.8 Å². The average Bonchev–Trinajstić information content (AvgIpc) is 1.67. The van der Waals surface area contributed by atoms with Crippen molar-refractivity contribution in [2.45, 2.75) is 167 Å². The summed E-state index contributed by atoms with van der Waals surface area (Å²) in [6.45, 7) is 12.6.